The van der Waals surface area contributed by atoms with Gasteiger partial charge < -0.3 is 0 Å². The van der Waals surface area contributed by atoms with Crippen molar-refractivity contribution in [3.63, 3.8) is 0 Å². The van der Waals surface area contributed by atoms with Crippen LogP contribution in [0.5, 0.6) is 0 Å². The molecule has 1 unspecified atom stereocenters. The average molecular weight is 403 g/mol. The molecule has 0 saturated heterocycles. The first-order valence-corrected chi connectivity index (χ1v) is 11.4. The Bertz CT molecular complexity index is 1250. The maximum Gasteiger partial charge on any atom is 0.0155 e. The molecule has 31 heavy (non-hydrogen) atoms. The van der Waals surface area contributed by atoms with Gasteiger partial charge in [0, 0.05) is 11.3 Å². The Balaban J connectivity index is 1.64. The van der Waals surface area contributed by atoms with Crippen LogP contribution in [0.2, 0.25) is 0 Å². The average Bonchev–Trinajstić information content (AvgIpc) is 3.02. The monoisotopic (exact) mass is 402 g/mol. The Kier molecular flexibility index (Phi) is 4.82. The van der Waals surface area contributed by atoms with Gasteiger partial charge in [0.05, 0.1) is 0 Å². The minimum absolute atomic E-state index is 0.0511. The Morgan fingerprint density at radius 2 is 1.55 bits per heavy atom. The Hall–Kier alpha value is -3.12. The lowest BCUT2D eigenvalue weighted by molar-refractivity contribution is 0.648. The first-order chi connectivity index (χ1) is 15.0. The lowest BCUT2D eigenvalue weighted by atomic mass is 9.76. The maximum atomic E-state index is 2.55. The van der Waals surface area contributed by atoms with E-state index in [-0.39, 0.29) is 5.41 Å². The predicted molar refractivity (Wildman–Crippen MR) is 134 cm³/mol. The molecule has 3 aromatic carbocycles. The van der Waals surface area contributed by atoms with Crippen molar-refractivity contribution >= 4 is 11.6 Å². The number of hydrogen-bond acceptors (Lipinski definition) is 0. The lowest BCUT2D eigenvalue weighted by Gasteiger charge is -2.28. The fourth-order valence-corrected chi connectivity index (χ4v) is 5.51. The van der Waals surface area contributed by atoms with Crippen LogP contribution in [0.3, 0.4) is 0 Å². The molecule has 0 aromatic heterocycles. The van der Waals surface area contributed by atoms with Crippen LogP contribution in [-0.2, 0) is 5.41 Å². The highest BCUT2D eigenvalue weighted by Gasteiger charge is 2.39. The molecule has 2 aliphatic rings. The SMILES string of the molecule is C/C=C/c1c(-c2ccccc2C)cccc1C1C=C2C(=CC1)c1ccccc1C2(C)C. The topological polar surface area (TPSA) is 0 Å². The minimum Gasteiger partial charge on any atom is -0.0870 e. The molecule has 1 atom stereocenters. The van der Waals surface area contributed by atoms with E-state index >= 15 is 0 Å². The van der Waals surface area contributed by atoms with Gasteiger partial charge in [0.25, 0.3) is 0 Å². The molecule has 0 saturated carbocycles. The molecule has 0 aliphatic heterocycles. The summed E-state index contributed by atoms with van der Waals surface area (Å²) in [5.41, 5.74) is 12.6. The van der Waals surface area contributed by atoms with Gasteiger partial charge in [-0.3, -0.25) is 0 Å². The minimum atomic E-state index is 0.0511. The van der Waals surface area contributed by atoms with Gasteiger partial charge in [0.15, 0.2) is 0 Å². The summed E-state index contributed by atoms with van der Waals surface area (Å²) >= 11 is 0. The Morgan fingerprint density at radius 1 is 0.839 bits per heavy atom. The summed E-state index contributed by atoms with van der Waals surface area (Å²) in [6.07, 6.45) is 10.5. The van der Waals surface area contributed by atoms with E-state index in [9.17, 15) is 0 Å². The molecule has 3 aromatic rings. The molecule has 0 nitrogen and oxygen atoms in total. The van der Waals surface area contributed by atoms with Crippen molar-refractivity contribution in [2.45, 2.75) is 45.4 Å². The van der Waals surface area contributed by atoms with E-state index in [1.807, 2.05) is 0 Å². The number of aryl methyl sites for hydroxylation is 1. The Morgan fingerprint density at radius 3 is 2.32 bits per heavy atom. The van der Waals surface area contributed by atoms with Gasteiger partial charge in [-0.15, -0.1) is 0 Å². The summed E-state index contributed by atoms with van der Waals surface area (Å²) in [4.78, 5) is 0. The van der Waals surface area contributed by atoms with Crippen molar-refractivity contribution in [1.29, 1.82) is 0 Å². The third-order valence-electron chi connectivity index (χ3n) is 7.11. The molecule has 2 aliphatic carbocycles. The highest BCUT2D eigenvalue weighted by atomic mass is 14.4. The standard InChI is InChI=1S/C31H30/c1-5-11-25-24(15-10-16-26(25)23-13-7-6-12-21(23)2)22-18-19-28-27-14-8-9-17-29(27)31(3,4)30(28)20-22/h5-17,19-20,22H,18H2,1-4H3/b11-5+. The van der Waals surface area contributed by atoms with Crippen LogP contribution < -0.4 is 0 Å². The maximum absolute atomic E-state index is 2.55. The number of rotatable bonds is 3. The summed E-state index contributed by atoms with van der Waals surface area (Å²) in [5, 5.41) is 0. The molecule has 0 bridgehead atoms. The third kappa shape index (κ3) is 3.13. The highest BCUT2D eigenvalue weighted by molar-refractivity contribution is 5.91. The van der Waals surface area contributed by atoms with Gasteiger partial charge >= 0.3 is 0 Å². The second-order valence-electron chi connectivity index (χ2n) is 9.33. The van der Waals surface area contributed by atoms with E-state index in [0.717, 1.165) is 6.42 Å². The molecule has 5 rings (SSSR count). The van der Waals surface area contributed by atoms with Gasteiger partial charge in [0.1, 0.15) is 0 Å². The quantitative estimate of drug-likeness (QED) is 0.412. The fourth-order valence-electron chi connectivity index (χ4n) is 5.51. The van der Waals surface area contributed by atoms with Crippen LogP contribution in [0, 0.1) is 6.92 Å². The molecule has 0 heterocycles. The largest absolute Gasteiger partial charge is 0.0870 e. The first-order valence-electron chi connectivity index (χ1n) is 11.4. The summed E-state index contributed by atoms with van der Waals surface area (Å²) in [7, 11) is 0. The summed E-state index contributed by atoms with van der Waals surface area (Å²) in [5.74, 6) is 0.391. The van der Waals surface area contributed by atoms with Crippen molar-refractivity contribution < 1.29 is 0 Å². The van der Waals surface area contributed by atoms with E-state index in [1.54, 1.807) is 0 Å². The van der Waals surface area contributed by atoms with Gasteiger partial charge in [0.2, 0.25) is 0 Å². The predicted octanol–water partition coefficient (Wildman–Crippen LogP) is 8.48. The van der Waals surface area contributed by atoms with Crippen molar-refractivity contribution in [3.8, 4) is 11.1 Å². The van der Waals surface area contributed by atoms with Gasteiger partial charge in [-0.2, -0.15) is 0 Å². The van der Waals surface area contributed by atoms with E-state index in [2.05, 4.69) is 119 Å². The van der Waals surface area contributed by atoms with E-state index in [0.29, 0.717) is 5.92 Å². The van der Waals surface area contributed by atoms with E-state index < -0.39 is 0 Å². The molecule has 154 valence electrons. The van der Waals surface area contributed by atoms with Crippen molar-refractivity contribution in [1.82, 2.24) is 0 Å². The molecule has 0 N–H and O–H groups in total. The lowest BCUT2D eigenvalue weighted by Crippen LogP contribution is -2.17. The highest BCUT2D eigenvalue weighted by Crippen LogP contribution is 2.53. The van der Waals surface area contributed by atoms with Crippen molar-refractivity contribution in [2.75, 3.05) is 0 Å². The zero-order chi connectivity index (χ0) is 21.6. The van der Waals surface area contributed by atoms with E-state index in [4.69, 9.17) is 0 Å². The molecule has 0 amide bonds. The second kappa shape index (κ2) is 7.54. The van der Waals surface area contributed by atoms with Crippen LogP contribution >= 0.6 is 0 Å². The molecule has 0 radical (unpaired) electrons. The number of hydrogen-bond donors (Lipinski definition) is 0. The van der Waals surface area contributed by atoms with Crippen molar-refractivity contribution in [2.24, 2.45) is 0 Å². The molecule has 0 fully saturated rings. The Labute approximate surface area is 186 Å². The zero-order valence-electron chi connectivity index (χ0n) is 18.9. The molecular formula is C31H30. The summed E-state index contributed by atoms with van der Waals surface area (Å²) in [6, 6.07) is 24.5. The molecular weight excluding hydrogens is 372 g/mol. The summed E-state index contributed by atoms with van der Waals surface area (Å²) in [6.45, 7) is 9.07. The molecule has 0 heteroatoms. The first kappa shape index (κ1) is 19.8. The van der Waals surface area contributed by atoms with E-state index in [1.165, 1.54) is 50.1 Å². The van der Waals surface area contributed by atoms with Crippen molar-refractivity contribution in [3.05, 3.63) is 118 Å². The van der Waals surface area contributed by atoms with Gasteiger partial charge in [-0.1, -0.05) is 105 Å². The zero-order valence-corrected chi connectivity index (χ0v) is 18.9. The van der Waals surface area contributed by atoms with Crippen LogP contribution in [0.4, 0.5) is 0 Å². The third-order valence-corrected chi connectivity index (χ3v) is 7.11. The normalized spacial score (nSPS) is 19.0. The summed E-state index contributed by atoms with van der Waals surface area (Å²) < 4.78 is 0. The fraction of sp³-hybridized carbons (Fsp3) is 0.226. The number of allylic oxidation sites excluding steroid dienone is 5. The smallest absolute Gasteiger partial charge is 0.0155 e. The van der Waals surface area contributed by atoms with Crippen LogP contribution in [-0.4, -0.2) is 0 Å². The van der Waals surface area contributed by atoms with Gasteiger partial charge in [-0.05, 0) is 70.4 Å². The van der Waals surface area contributed by atoms with Crippen LogP contribution in [0.1, 0.15) is 60.9 Å². The van der Waals surface area contributed by atoms with Crippen LogP contribution in [0.15, 0.2) is 90.5 Å². The number of fused-ring (bicyclic) bond motifs is 3. The van der Waals surface area contributed by atoms with Crippen LogP contribution in [0.25, 0.3) is 22.8 Å². The molecule has 0 spiro atoms. The second-order valence-corrected chi connectivity index (χ2v) is 9.33. The van der Waals surface area contributed by atoms with Gasteiger partial charge in [-0.25, -0.2) is 0 Å². The number of benzene rings is 3.